The average Bonchev–Trinajstić information content (AvgIpc) is 2.03. The van der Waals surface area contributed by atoms with Gasteiger partial charge in [-0.2, -0.15) is 10.6 Å². The molecule has 0 unspecified atom stereocenters. The van der Waals surface area contributed by atoms with Gasteiger partial charge in [0.15, 0.2) is 0 Å². The van der Waals surface area contributed by atoms with E-state index in [1.54, 1.807) is 0 Å². The molecular weight excluding hydrogens is 198 g/mol. The van der Waals surface area contributed by atoms with Gasteiger partial charge < -0.3 is 22.6 Å². The Morgan fingerprint density at radius 3 is 2.33 bits per heavy atom. The molecule has 0 spiro atoms. The summed E-state index contributed by atoms with van der Waals surface area (Å²) in [6.07, 6.45) is 0.487. The third-order valence-electron chi connectivity index (χ3n) is 1.46. The fraction of sp³-hybridized carbons (Fsp3) is 1.00. The van der Waals surface area contributed by atoms with Crippen LogP contribution >= 0.6 is 0 Å². The monoisotopic (exact) mass is 212 g/mol. The van der Waals surface area contributed by atoms with Gasteiger partial charge in [-0.3, -0.25) is 0 Å². The van der Waals surface area contributed by atoms with Gasteiger partial charge in [-0.1, -0.05) is 12.2 Å². The van der Waals surface area contributed by atoms with E-state index < -0.39 is 19.4 Å². The van der Waals surface area contributed by atoms with Crippen molar-refractivity contribution in [2.45, 2.75) is 12.5 Å². The normalized spacial score (nSPS) is 12.3. The number of nitrogens with one attached hydrogen (secondary N) is 1. The quantitative estimate of drug-likeness (QED) is 0.491. The van der Waals surface area contributed by atoms with Crippen LogP contribution in [0.15, 0.2) is 0 Å². The molecule has 0 saturated carbocycles. The molecule has 0 rings (SSSR count). The molecule has 0 aliphatic rings. The lowest BCUT2D eigenvalue weighted by Gasteiger charge is -2.19. The Labute approximate surface area is 75.1 Å². The zero-order valence-corrected chi connectivity index (χ0v) is 9.02. The maximum Gasteiger partial charge on any atom is 0.497 e. The Morgan fingerprint density at radius 2 is 2.00 bits per heavy atom. The van der Waals surface area contributed by atoms with Crippen LogP contribution in [0.5, 0.6) is 0 Å². The average molecular weight is 212 g/mol. The lowest BCUT2D eigenvalue weighted by atomic mass is 10.6. The lowest BCUT2D eigenvalue weighted by Crippen LogP contribution is -2.40. The van der Waals surface area contributed by atoms with Gasteiger partial charge in [-0.05, 0) is 0 Å². The molecule has 12 heavy (non-hydrogen) atoms. The fourth-order valence-electron chi connectivity index (χ4n) is 0.714. The lowest BCUT2D eigenvalue weighted by molar-refractivity contribution is 0.151. The third kappa shape index (κ3) is 4.83. The maximum absolute atomic E-state index is 10.3. The molecule has 5 nitrogen and oxygen atoms in total. The van der Waals surface area contributed by atoms with E-state index in [4.69, 9.17) is 13.6 Å². The third-order valence-corrected chi connectivity index (χ3v) is 4.38. The summed E-state index contributed by atoms with van der Waals surface area (Å²) in [6.45, 7) is 0. The molecule has 0 aromatic carbocycles. The zero-order valence-electron chi connectivity index (χ0n) is 7.20. The first-order valence-electron chi connectivity index (χ1n) is 3.46. The Bertz CT molecular complexity index is 184. The molecule has 0 bridgehead atoms. The molecule has 0 atom stereocenters. The van der Waals surface area contributed by atoms with Crippen molar-refractivity contribution in [3.8, 4) is 0 Å². The van der Waals surface area contributed by atoms with Crippen LogP contribution in [0.4, 0.5) is 0 Å². The van der Waals surface area contributed by atoms with E-state index >= 15 is 0 Å². The largest absolute Gasteiger partial charge is 0.497 e. The predicted molar refractivity (Wildman–Crippen MR) is 47.1 cm³/mol. The molecule has 74 valence electrons. The van der Waals surface area contributed by atoms with Crippen molar-refractivity contribution in [3.63, 3.8) is 0 Å². The summed E-state index contributed by atoms with van der Waals surface area (Å²) in [7, 11) is -1.77. The first-order valence-corrected chi connectivity index (χ1v) is 6.75. The molecule has 0 heterocycles. The van der Waals surface area contributed by atoms with Crippen LogP contribution in [0.3, 0.4) is 0 Å². The molecule has 0 aromatic heterocycles. The minimum absolute atomic E-state index is 0.252. The second kappa shape index (κ2) is 5.65. The smallest absolute Gasteiger partial charge is 0.445 e. The van der Waals surface area contributed by atoms with Crippen LogP contribution in [-0.2, 0) is 23.7 Å². The van der Waals surface area contributed by atoms with Crippen LogP contribution < -0.4 is 0 Å². The molecule has 0 amide bonds. The first-order chi connectivity index (χ1) is 5.54. The molecule has 0 aliphatic carbocycles. The van der Waals surface area contributed by atoms with E-state index in [1.165, 1.54) is 14.2 Å². The summed E-state index contributed by atoms with van der Waals surface area (Å²) in [5.74, 6) is 0.252. The van der Waals surface area contributed by atoms with Crippen LogP contribution in [0.1, 0.15) is 6.42 Å². The van der Waals surface area contributed by atoms with Crippen molar-refractivity contribution in [1.29, 1.82) is 4.78 Å². The van der Waals surface area contributed by atoms with Gasteiger partial charge in [0.1, 0.15) is 0 Å². The number of hydrogen-bond donors (Lipinski definition) is 2. The zero-order chi connectivity index (χ0) is 9.61. The molecule has 2 N–H and O–H groups in total. The highest BCUT2D eigenvalue weighted by molar-refractivity contribution is 7.73. The Morgan fingerprint density at radius 1 is 1.50 bits per heavy atom. The maximum atomic E-state index is 10.3. The Balaban J connectivity index is 3.73. The second-order valence-electron chi connectivity index (χ2n) is 2.27. The Kier molecular flexibility index (Phi) is 5.67. The minimum Gasteiger partial charge on any atom is -0.445 e. The fourth-order valence-corrected chi connectivity index (χ4v) is 2.58. The first kappa shape index (κ1) is 12.0. The summed E-state index contributed by atoms with van der Waals surface area (Å²) in [4.78, 5) is 9.48. The van der Waals surface area contributed by atoms with Crippen LogP contribution in [-0.4, -0.2) is 33.6 Å². The van der Waals surface area contributed by atoms with E-state index in [0.29, 0.717) is 12.5 Å². The Hall–Kier alpha value is 0.0469. The SMILES string of the molecule is CO[Si](O)(CCC[S-](=N)=O)OC. The van der Waals surface area contributed by atoms with Crippen molar-refractivity contribution in [3.05, 3.63) is 0 Å². The molecule has 0 aliphatic heterocycles. The standard InChI is InChI=1S/C5H14NO4SSi/c1-9-12(8,10-2)5-3-4-11(6)7/h6,8H,3-5H2,1-2H3/q-1. The highest BCUT2D eigenvalue weighted by Crippen LogP contribution is 2.09. The van der Waals surface area contributed by atoms with Crippen LogP contribution in [0.2, 0.25) is 6.04 Å². The van der Waals surface area contributed by atoms with Gasteiger partial charge in [0.25, 0.3) is 0 Å². The van der Waals surface area contributed by atoms with Gasteiger partial charge in [0, 0.05) is 20.3 Å². The van der Waals surface area contributed by atoms with E-state index in [9.17, 15) is 9.00 Å². The number of hydrogen-bond acceptors (Lipinski definition) is 6. The van der Waals surface area contributed by atoms with E-state index in [-0.39, 0.29) is 5.75 Å². The molecule has 0 fully saturated rings. The number of rotatable bonds is 6. The van der Waals surface area contributed by atoms with E-state index in [2.05, 4.69) is 0 Å². The van der Waals surface area contributed by atoms with Crippen LogP contribution in [0.25, 0.3) is 0 Å². The predicted octanol–water partition coefficient (Wildman–Crippen LogP) is 0.327. The molecule has 0 radical (unpaired) electrons. The van der Waals surface area contributed by atoms with Gasteiger partial charge in [-0.25, -0.2) is 0 Å². The van der Waals surface area contributed by atoms with Gasteiger partial charge in [-0.15, -0.1) is 0 Å². The molecule has 7 heteroatoms. The van der Waals surface area contributed by atoms with Crippen molar-refractivity contribution >= 4 is 19.4 Å². The molecular formula is C5H14NO4SSi-. The van der Waals surface area contributed by atoms with E-state index in [1.807, 2.05) is 0 Å². The summed E-state index contributed by atoms with van der Waals surface area (Å²) in [6, 6.07) is 0.352. The van der Waals surface area contributed by atoms with E-state index in [0.717, 1.165) is 0 Å². The summed E-state index contributed by atoms with van der Waals surface area (Å²) in [5.41, 5.74) is 0. The van der Waals surface area contributed by atoms with Crippen LogP contribution in [0, 0.1) is 4.78 Å². The van der Waals surface area contributed by atoms with Crippen molar-refractivity contribution in [2.24, 2.45) is 0 Å². The summed E-state index contributed by atoms with van der Waals surface area (Å²) in [5, 5.41) is 0. The van der Waals surface area contributed by atoms with Gasteiger partial charge in [0.05, 0.1) is 0 Å². The summed E-state index contributed by atoms with van der Waals surface area (Å²) < 4.78 is 26.6. The second-order valence-corrected chi connectivity index (χ2v) is 6.12. The highest BCUT2D eigenvalue weighted by atomic mass is 32.2. The molecule has 0 aromatic rings. The van der Waals surface area contributed by atoms with Crippen molar-refractivity contribution in [1.82, 2.24) is 0 Å². The van der Waals surface area contributed by atoms with Crippen molar-refractivity contribution < 1.29 is 17.9 Å². The topological polar surface area (TPSA) is 79.6 Å². The highest BCUT2D eigenvalue weighted by Gasteiger charge is 2.32. The summed E-state index contributed by atoms with van der Waals surface area (Å²) >= 11 is 0. The minimum atomic E-state index is -2.98. The van der Waals surface area contributed by atoms with Crippen molar-refractivity contribution in [2.75, 3.05) is 20.0 Å². The van der Waals surface area contributed by atoms with Gasteiger partial charge >= 0.3 is 8.80 Å². The molecule has 0 saturated heterocycles. The van der Waals surface area contributed by atoms with Gasteiger partial charge in [0.2, 0.25) is 0 Å².